The summed E-state index contributed by atoms with van der Waals surface area (Å²) in [5.41, 5.74) is 0. The second-order valence-electron chi connectivity index (χ2n) is 2.19. The van der Waals surface area contributed by atoms with Gasteiger partial charge in [0.25, 0.3) is 0 Å². The standard InChI is InChI=1S/C6H8Br2O4/c7-3(5(9)10)1-2-4(8)6(11)12/h3-4H,1-2H2,(H,9,10)(H,11,12)/t3-,4-/m0/s1. The summed E-state index contributed by atoms with van der Waals surface area (Å²) in [6.45, 7) is 0. The minimum Gasteiger partial charge on any atom is -0.480 e. The highest BCUT2D eigenvalue weighted by Crippen LogP contribution is 2.14. The van der Waals surface area contributed by atoms with Crippen molar-refractivity contribution in [1.29, 1.82) is 0 Å². The molecule has 0 rings (SSSR count). The highest BCUT2D eigenvalue weighted by Gasteiger charge is 2.18. The van der Waals surface area contributed by atoms with Gasteiger partial charge in [-0.25, -0.2) is 0 Å². The van der Waals surface area contributed by atoms with Crippen molar-refractivity contribution in [1.82, 2.24) is 0 Å². The Morgan fingerprint density at radius 1 is 1.00 bits per heavy atom. The van der Waals surface area contributed by atoms with Gasteiger partial charge in [0, 0.05) is 0 Å². The Bertz CT molecular complexity index is 162. The maximum absolute atomic E-state index is 10.3. The summed E-state index contributed by atoms with van der Waals surface area (Å²) in [6, 6.07) is 0. The van der Waals surface area contributed by atoms with Gasteiger partial charge in [0.2, 0.25) is 0 Å². The first-order chi connectivity index (χ1) is 5.45. The van der Waals surface area contributed by atoms with Gasteiger partial charge < -0.3 is 10.2 Å². The molecule has 0 radical (unpaired) electrons. The van der Waals surface area contributed by atoms with E-state index < -0.39 is 21.6 Å². The summed E-state index contributed by atoms with van der Waals surface area (Å²) in [7, 11) is 0. The minimum absolute atomic E-state index is 0.289. The number of aliphatic carboxylic acids is 2. The maximum atomic E-state index is 10.3. The highest BCUT2D eigenvalue weighted by molar-refractivity contribution is 9.10. The smallest absolute Gasteiger partial charge is 0.317 e. The summed E-state index contributed by atoms with van der Waals surface area (Å²) >= 11 is 5.81. The zero-order chi connectivity index (χ0) is 9.72. The van der Waals surface area contributed by atoms with E-state index in [1.807, 2.05) is 0 Å². The van der Waals surface area contributed by atoms with E-state index in [9.17, 15) is 9.59 Å². The second-order valence-corrected chi connectivity index (χ2v) is 4.40. The van der Waals surface area contributed by atoms with E-state index in [-0.39, 0.29) is 12.8 Å². The normalized spacial score (nSPS) is 15.2. The van der Waals surface area contributed by atoms with Gasteiger partial charge in [-0.2, -0.15) is 0 Å². The molecular weight excluding hydrogens is 296 g/mol. The Hall–Kier alpha value is -0.100. The molecule has 0 saturated heterocycles. The molecule has 0 amide bonds. The fourth-order valence-corrected chi connectivity index (χ4v) is 1.07. The predicted octanol–water partition coefficient (Wildman–Crippen LogP) is 1.46. The van der Waals surface area contributed by atoms with E-state index >= 15 is 0 Å². The zero-order valence-corrected chi connectivity index (χ0v) is 9.21. The molecule has 0 aliphatic rings. The van der Waals surface area contributed by atoms with Crippen molar-refractivity contribution in [2.75, 3.05) is 0 Å². The molecule has 0 aromatic rings. The molecule has 0 aliphatic carbocycles. The molecule has 2 atom stereocenters. The lowest BCUT2D eigenvalue weighted by Crippen LogP contribution is -2.18. The fourth-order valence-electron chi connectivity index (χ4n) is 0.540. The van der Waals surface area contributed by atoms with Crippen LogP contribution in [0.3, 0.4) is 0 Å². The molecule has 0 bridgehead atoms. The van der Waals surface area contributed by atoms with Crippen LogP contribution in [0.2, 0.25) is 0 Å². The van der Waals surface area contributed by atoms with Crippen molar-refractivity contribution in [3.05, 3.63) is 0 Å². The Kier molecular flexibility index (Phi) is 5.48. The molecule has 0 aliphatic heterocycles. The van der Waals surface area contributed by atoms with Crippen molar-refractivity contribution in [2.24, 2.45) is 0 Å². The van der Waals surface area contributed by atoms with Crippen LogP contribution in [0.1, 0.15) is 12.8 Å². The Morgan fingerprint density at radius 3 is 1.42 bits per heavy atom. The molecule has 70 valence electrons. The number of halogens is 2. The molecule has 12 heavy (non-hydrogen) atoms. The molecule has 2 N–H and O–H groups in total. The number of hydrogen-bond donors (Lipinski definition) is 2. The summed E-state index contributed by atoms with van der Waals surface area (Å²) in [6.07, 6.45) is 0.578. The van der Waals surface area contributed by atoms with Crippen LogP contribution in [0.4, 0.5) is 0 Å². The lowest BCUT2D eigenvalue weighted by molar-refractivity contribution is -0.138. The summed E-state index contributed by atoms with van der Waals surface area (Å²) in [5.74, 6) is -1.94. The first kappa shape index (κ1) is 11.9. The lowest BCUT2D eigenvalue weighted by atomic mass is 10.2. The van der Waals surface area contributed by atoms with Crippen molar-refractivity contribution in [2.45, 2.75) is 22.5 Å². The zero-order valence-electron chi connectivity index (χ0n) is 6.04. The molecule has 0 aromatic heterocycles. The molecule has 6 heteroatoms. The molecule has 0 unspecified atom stereocenters. The van der Waals surface area contributed by atoms with Gasteiger partial charge in [-0.15, -0.1) is 0 Å². The number of hydrogen-bond acceptors (Lipinski definition) is 2. The minimum atomic E-state index is -0.972. The topological polar surface area (TPSA) is 74.6 Å². The van der Waals surface area contributed by atoms with Crippen molar-refractivity contribution < 1.29 is 19.8 Å². The van der Waals surface area contributed by atoms with Crippen LogP contribution >= 0.6 is 31.9 Å². The van der Waals surface area contributed by atoms with Gasteiger partial charge in [-0.1, -0.05) is 31.9 Å². The van der Waals surface area contributed by atoms with Crippen LogP contribution in [-0.2, 0) is 9.59 Å². The SMILES string of the molecule is O=C(O)[C@@H](Br)CC[C@H](Br)C(=O)O. The Labute approximate surface area is 86.2 Å². The van der Waals surface area contributed by atoms with Crippen molar-refractivity contribution in [3.8, 4) is 0 Å². The number of carboxylic acids is 2. The molecule has 0 saturated carbocycles. The van der Waals surface area contributed by atoms with Crippen LogP contribution in [0, 0.1) is 0 Å². The third kappa shape index (κ3) is 4.71. The van der Waals surface area contributed by atoms with E-state index in [1.165, 1.54) is 0 Å². The third-order valence-electron chi connectivity index (χ3n) is 1.21. The van der Waals surface area contributed by atoms with E-state index in [1.54, 1.807) is 0 Å². The second kappa shape index (κ2) is 5.53. The van der Waals surface area contributed by atoms with Gasteiger partial charge in [0.15, 0.2) is 0 Å². The number of rotatable bonds is 5. The van der Waals surface area contributed by atoms with Crippen LogP contribution in [0.25, 0.3) is 0 Å². The van der Waals surface area contributed by atoms with Gasteiger partial charge in [0.05, 0.1) is 0 Å². The first-order valence-corrected chi connectivity index (χ1v) is 5.02. The molecule has 4 nitrogen and oxygen atoms in total. The first-order valence-electron chi connectivity index (χ1n) is 3.19. The van der Waals surface area contributed by atoms with Gasteiger partial charge >= 0.3 is 11.9 Å². The van der Waals surface area contributed by atoms with Crippen LogP contribution < -0.4 is 0 Å². The van der Waals surface area contributed by atoms with Crippen molar-refractivity contribution in [3.63, 3.8) is 0 Å². The average Bonchev–Trinajstić information content (AvgIpc) is 1.98. The fraction of sp³-hybridized carbons (Fsp3) is 0.667. The Morgan fingerprint density at radius 2 is 1.25 bits per heavy atom. The molecule has 0 fully saturated rings. The van der Waals surface area contributed by atoms with E-state index in [2.05, 4.69) is 31.9 Å². The third-order valence-corrected chi connectivity index (χ3v) is 2.91. The summed E-state index contributed by atoms with van der Waals surface area (Å²) in [4.78, 5) is 19.2. The van der Waals surface area contributed by atoms with Gasteiger partial charge in [-0.05, 0) is 12.8 Å². The van der Waals surface area contributed by atoms with Crippen LogP contribution in [0.5, 0.6) is 0 Å². The van der Waals surface area contributed by atoms with Crippen LogP contribution in [0.15, 0.2) is 0 Å². The maximum Gasteiger partial charge on any atom is 0.317 e. The lowest BCUT2D eigenvalue weighted by Gasteiger charge is -2.05. The predicted molar refractivity (Wildman–Crippen MR) is 49.9 cm³/mol. The number of carbonyl (C=O) groups is 2. The monoisotopic (exact) mass is 302 g/mol. The van der Waals surface area contributed by atoms with E-state index in [4.69, 9.17) is 10.2 Å². The summed E-state index contributed by atoms with van der Waals surface area (Å²) < 4.78 is 0. The molecular formula is C6H8Br2O4. The summed E-state index contributed by atoms with van der Waals surface area (Å²) in [5, 5.41) is 16.8. The quantitative estimate of drug-likeness (QED) is 0.754. The van der Waals surface area contributed by atoms with Gasteiger partial charge in [-0.3, -0.25) is 9.59 Å². The largest absolute Gasteiger partial charge is 0.480 e. The van der Waals surface area contributed by atoms with E-state index in [0.717, 1.165) is 0 Å². The Balaban J connectivity index is 3.68. The molecule has 0 aromatic carbocycles. The van der Waals surface area contributed by atoms with Crippen LogP contribution in [-0.4, -0.2) is 31.8 Å². The van der Waals surface area contributed by atoms with Gasteiger partial charge in [0.1, 0.15) is 9.65 Å². The van der Waals surface area contributed by atoms with Crippen molar-refractivity contribution >= 4 is 43.8 Å². The molecule has 0 spiro atoms. The molecule has 0 heterocycles. The average molecular weight is 304 g/mol. The highest BCUT2D eigenvalue weighted by atomic mass is 79.9. The van der Waals surface area contributed by atoms with E-state index in [0.29, 0.717) is 0 Å². The number of carboxylic acid groups (broad SMARTS) is 2. The number of alkyl halides is 2.